The molecule has 0 radical (unpaired) electrons. The molecular formula is C19H17BrN4O2. The minimum atomic E-state index is -0.206. The molecule has 4 rings (SSSR count). The molecule has 6 nitrogen and oxygen atoms in total. The van der Waals surface area contributed by atoms with Crippen LogP contribution in [0.4, 0.5) is 10.5 Å². The number of amides is 2. The number of para-hydroxylation sites is 1. The van der Waals surface area contributed by atoms with Crippen molar-refractivity contribution in [2.45, 2.75) is 18.9 Å². The number of anilines is 1. The fourth-order valence-corrected chi connectivity index (χ4v) is 3.48. The van der Waals surface area contributed by atoms with Gasteiger partial charge in [0.15, 0.2) is 0 Å². The van der Waals surface area contributed by atoms with E-state index in [9.17, 15) is 4.79 Å². The highest BCUT2D eigenvalue weighted by Crippen LogP contribution is 2.33. The SMILES string of the molecule is O=C(Nc1ccccc1Br)N1CCC[C@H]1c1nc(-c2ccccc2)no1. The zero-order valence-electron chi connectivity index (χ0n) is 13.9. The van der Waals surface area contributed by atoms with Crippen LogP contribution in [-0.2, 0) is 0 Å². The average Bonchev–Trinajstić information content (AvgIpc) is 3.33. The molecule has 0 bridgehead atoms. The number of nitrogens with zero attached hydrogens (tertiary/aromatic N) is 3. The molecule has 0 spiro atoms. The van der Waals surface area contributed by atoms with E-state index in [0.717, 1.165) is 28.6 Å². The van der Waals surface area contributed by atoms with Crippen molar-refractivity contribution in [2.24, 2.45) is 0 Å². The van der Waals surface area contributed by atoms with Crippen LogP contribution in [0.2, 0.25) is 0 Å². The zero-order chi connectivity index (χ0) is 17.9. The van der Waals surface area contributed by atoms with Crippen LogP contribution >= 0.6 is 15.9 Å². The Hall–Kier alpha value is -2.67. The van der Waals surface area contributed by atoms with Crippen molar-refractivity contribution in [1.29, 1.82) is 0 Å². The van der Waals surface area contributed by atoms with E-state index in [2.05, 4.69) is 31.4 Å². The summed E-state index contributed by atoms with van der Waals surface area (Å²) in [7, 11) is 0. The molecule has 0 aliphatic carbocycles. The maximum atomic E-state index is 12.7. The molecule has 0 unspecified atom stereocenters. The summed E-state index contributed by atoms with van der Waals surface area (Å²) in [5, 5.41) is 7.01. The van der Waals surface area contributed by atoms with Crippen molar-refractivity contribution in [2.75, 3.05) is 11.9 Å². The third-order valence-electron chi connectivity index (χ3n) is 4.39. The number of rotatable bonds is 3. The van der Waals surface area contributed by atoms with E-state index >= 15 is 0 Å². The van der Waals surface area contributed by atoms with Crippen molar-refractivity contribution in [1.82, 2.24) is 15.0 Å². The van der Waals surface area contributed by atoms with Gasteiger partial charge in [-0.25, -0.2) is 4.79 Å². The molecule has 1 aromatic heterocycles. The highest BCUT2D eigenvalue weighted by Gasteiger charge is 2.34. The molecule has 2 amide bonds. The number of likely N-dealkylation sites (tertiary alicyclic amines) is 1. The Bertz CT molecular complexity index is 913. The summed E-state index contributed by atoms with van der Waals surface area (Å²) in [6, 6.07) is 16.8. The van der Waals surface area contributed by atoms with E-state index in [1.807, 2.05) is 54.6 Å². The lowest BCUT2D eigenvalue weighted by molar-refractivity contribution is 0.193. The Morgan fingerprint density at radius 2 is 1.92 bits per heavy atom. The smallest absolute Gasteiger partial charge is 0.322 e. The molecule has 1 atom stereocenters. The minimum Gasteiger partial charge on any atom is -0.337 e. The Morgan fingerprint density at radius 1 is 1.15 bits per heavy atom. The molecule has 1 N–H and O–H groups in total. The molecule has 132 valence electrons. The van der Waals surface area contributed by atoms with Crippen LogP contribution in [-0.4, -0.2) is 27.6 Å². The Labute approximate surface area is 159 Å². The molecule has 1 fully saturated rings. The van der Waals surface area contributed by atoms with Crippen LogP contribution in [0, 0.1) is 0 Å². The van der Waals surface area contributed by atoms with E-state index < -0.39 is 0 Å². The monoisotopic (exact) mass is 412 g/mol. The number of hydrogen-bond acceptors (Lipinski definition) is 4. The summed E-state index contributed by atoms with van der Waals surface area (Å²) >= 11 is 3.45. The van der Waals surface area contributed by atoms with Crippen LogP contribution in [0.1, 0.15) is 24.8 Å². The Kier molecular flexibility index (Phi) is 4.71. The number of halogens is 1. The number of carbonyl (C=O) groups excluding carboxylic acids is 1. The molecule has 1 aliphatic rings. The first-order valence-corrected chi connectivity index (χ1v) is 9.23. The number of urea groups is 1. The average molecular weight is 413 g/mol. The van der Waals surface area contributed by atoms with Gasteiger partial charge in [-0.1, -0.05) is 47.6 Å². The van der Waals surface area contributed by atoms with E-state index in [1.165, 1.54) is 0 Å². The summed E-state index contributed by atoms with van der Waals surface area (Å²) in [4.78, 5) is 19.0. The highest BCUT2D eigenvalue weighted by molar-refractivity contribution is 9.10. The van der Waals surface area contributed by atoms with Crippen molar-refractivity contribution in [3.05, 3.63) is 65.0 Å². The normalized spacial score (nSPS) is 16.7. The lowest BCUT2D eigenvalue weighted by Crippen LogP contribution is -2.34. The van der Waals surface area contributed by atoms with Crippen LogP contribution in [0.3, 0.4) is 0 Å². The van der Waals surface area contributed by atoms with Gasteiger partial charge in [-0.05, 0) is 40.9 Å². The van der Waals surface area contributed by atoms with E-state index in [1.54, 1.807) is 4.90 Å². The molecule has 2 aromatic carbocycles. The predicted molar refractivity (Wildman–Crippen MR) is 102 cm³/mol. The van der Waals surface area contributed by atoms with Crippen LogP contribution < -0.4 is 5.32 Å². The quantitative estimate of drug-likeness (QED) is 0.665. The summed E-state index contributed by atoms with van der Waals surface area (Å²) in [5.74, 6) is 1.02. The summed E-state index contributed by atoms with van der Waals surface area (Å²) in [6.45, 7) is 0.657. The Morgan fingerprint density at radius 3 is 2.73 bits per heavy atom. The molecule has 1 saturated heterocycles. The molecular weight excluding hydrogens is 396 g/mol. The van der Waals surface area contributed by atoms with Gasteiger partial charge in [0.05, 0.1) is 5.69 Å². The van der Waals surface area contributed by atoms with Gasteiger partial charge in [0.1, 0.15) is 6.04 Å². The minimum absolute atomic E-state index is 0.168. The van der Waals surface area contributed by atoms with Crippen LogP contribution in [0.25, 0.3) is 11.4 Å². The van der Waals surface area contributed by atoms with E-state index in [0.29, 0.717) is 18.3 Å². The maximum absolute atomic E-state index is 12.7. The van der Waals surface area contributed by atoms with Crippen molar-refractivity contribution >= 4 is 27.6 Å². The fraction of sp³-hybridized carbons (Fsp3) is 0.211. The van der Waals surface area contributed by atoms with Gasteiger partial charge < -0.3 is 14.7 Å². The second-order valence-corrected chi connectivity index (χ2v) is 6.94. The molecule has 1 aliphatic heterocycles. The maximum Gasteiger partial charge on any atom is 0.322 e. The summed E-state index contributed by atoms with van der Waals surface area (Å²) < 4.78 is 6.31. The molecule has 26 heavy (non-hydrogen) atoms. The van der Waals surface area contributed by atoms with Crippen molar-refractivity contribution in [3.8, 4) is 11.4 Å². The molecule has 0 saturated carbocycles. The van der Waals surface area contributed by atoms with Gasteiger partial charge in [-0.3, -0.25) is 0 Å². The van der Waals surface area contributed by atoms with Crippen LogP contribution in [0.5, 0.6) is 0 Å². The largest absolute Gasteiger partial charge is 0.337 e. The Balaban J connectivity index is 1.53. The van der Waals surface area contributed by atoms with Crippen LogP contribution in [0.15, 0.2) is 63.6 Å². The lowest BCUT2D eigenvalue weighted by atomic mass is 10.2. The molecule has 3 aromatic rings. The van der Waals surface area contributed by atoms with Gasteiger partial charge in [0.2, 0.25) is 11.7 Å². The zero-order valence-corrected chi connectivity index (χ0v) is 15.5. The first kappa shape index (κ1) is 16.8. The number of carbonyl (C=O) groups is 1. The number of hydrogen-bond donors (Lipinski definition) is 1. The predicted octanol–water partition coefficient (Wildman–Crippen LogP) is 4.87. The summed E-state index contributed by atoms with van der Waals surface area (Å²) in [5.41, 5.74) is 1.63. The third-order valence-corrected chi connectivity index (χ3v) is 5.08. The lowest BCUT2D eigenvalue weighted by Gasteiger charge is -2.22. The number of aromatic nitrogens is 2. The van der Waals surface area contributed by atoms with Gasteiger partial charge >= 0.3 is 6.03 Å². The fourth-order valence-electron chi connectivity index (χ4n) is 3.09. The highest BCUT2D eigenvalue weighted by atomic mass is 79.9. The van der Waals surface area contributed by atoms with Gasteiger partial charge in [0.25, 0.3) is 0 Å². The van der Waals surface area contributed by atoms with Crippen molar-refractivity contribution in [3.63, 3.8) is 0 Å². The number of nitrogens with one attached hydrogen (secondary N) is 1. The standard InChI is InChI=1S/C19H17BrN4O2/c20-14-9-4-5-10-15(14)21-19(25)24-12-6-11-16(24)18-22-17(23-26-18)13-7-2-1-3-8-13/h1-5,7-10,16H,6,11-12H2,(H,21,25)/t16-/m0/s1. The first-order chi connectivity index (χ1) is 12.7. The third kappa shape index (κ3) is 3.35. The van der Waals surface area contributed by atoms with Gasteiger partial charge in [-0.15, -0.1) is 0 Å². The second kappa shape index (κ2) is 7.29. The second-order valence-electron chi connectivity index (χ2n) is 6.08. The summed E-state index contributed by atoms with van der Waals surface area (Å²) in [6.07, 6.45) is 1.71. The van der Waals surface area contributed by atoms with Gasteiger partial charge in [-0.2, -0.15) is 4.98 Å². The molecule has 2 heterocycles. The topological polar surface area (TPSA) is 71.3 Å². The molecule has 7 heteroatoms. The van der Waals surface area contributed by atoms with E-state index in [-0.39, 0.29) is 12.1 Å². The van der Waals surface area contributed by atoms with Gasteiger partial charge in [0, 0.05) is 16.6 Å². The first-order valence-electron chi connectivity index (χ1n) is 8.43. The number of benzene rings is 2. The van der Waals surface area contributed by atoms with E-state index in [4.69, 9.17) is 4.52 Å². The van der Waals surface area contributed by atoms with Crippen molar-refractivity contribution < 1.29 is 9.32 Å².